The molecule has 1 fully saturated rings. The molecule has 1 aromatic carbocycles. The molecule has 3 heteroatoms. The van der Waals surface area contributed by atoms with Crippen molar-refractivity contribution in [2.24, 2.45) is 0 Å². The van der Waals surface area contributed by atoms with Crippen LogP contribution in [-0.4, -0.2) is 19.3 Å². The first kappa shape index (κ1) is 10.1. The molecule has 0 aromatic heterocycles. The average molecular weight is 256 g/mol. The van der Waals surface area contributed by atoms with Crippen molar-refractivity contribution in [1.82, 2.24) is 5.32 Å². The van der Waals surface area contributed by atoms with E-state index in [0.29, 0.717) is 12.1 Å². The zero-order valence-corrected chi connectivity index (χ0v) is 9.75. The summed E-state index contributed by atoms with van der Waals surface area (Å²) < 4.78 is 6.29. The standard InChI is InChI=1S/C11H14BrNO/c1-8(13-9-6-14-7-9)10-4-2-3-5-11(10)12/h2-5,8-9,13H,6-7H2,1H3/t8-/m1/s1. The molecule has 1 aliphatic heterocycles. The Labute approximate surface area is 92.8 Å². The van der Waals surface area contributed by atoms with E-state index >= 15 is 0 Å². The maximum atomic E-state index is 5.13. The molecule has 1 saturated heterocycles. The van der Waals surface area contributed by atoms with Crippen molar-refractivity contribution in [3.05, 3.63) is 34.3 Å². The number of hydrogen-bond donors (Lipinski definition) is 1. The summed E-state index contributed by atoms with van der Waals surface area (Å²) in [7, 11) is 0. The molecule has 76 valence electrons. The van der Waals surface area contributed by atoms with Crippen molar-refractivity contribution in [2.45, 2.75) is 19.0 Å². The van der Waals surface area contributed by atoms with Crippen molar-refractivity contribution in [2.75, 3.05) is 13.2 Å². The summed E-state index contributed by atoms with van der Waals surface area (Å²) in [5, 5.41) is 3.52. The van der Waals surface area contributed by atoms with Crippen LogP contribution in [0.1, 0.15) is 18.5 Å². The van der Waals surface area contributed by atoms with Gasteiger partial charge >= 0.3 is 0 Å². The number of hydrogen-bond acceptors (Lipinski definition) is 2. The third kappa shape index (κ3) is 2.16. The SMILES string of the molecule is C[C@@H](NC1COC1)c1ccccc1Br. The Hall–Kier alpha value is -0.380. The van der Waals surface area contributed by atoms with E-state index in [1.54, 1.807) is 0 Å². The van der Waals surface area contributed by atoms with Crippen molar-refractivity contribution in [1.29, 1.82) is 0 Å². The quantitative estimate of drug-likeness (QED) is 0.897. The molecule has 2 nitrogen and oxygen atoms in total. The third-order valence-corrected chi connectivity index (χ3v) is 3.22. The van der Waals surface area contributed by atoms with Crippen molar-refractivity contribution in [3.8, 4) is 0 Å². The molecule has 1 N–H and O–H groups in total. The van der Waals surface area contributed by atoms with Crippen molar-refractivity contribution in [3.63, 3.8) is 0 Å². The van der Waals surface area contributed by atoms with E-state index in [9.17, 15) is 0 Å². The Morgan fingerprint density at radius 1 is 1.43 bits per heavy atom. The van der Waals surface area contributed by atoms with Crippen LogP contribution in [-0.2, 0) is 4.74 Å². The van der Waals surface area contributed by atoms with Crippen LogP contribution in [0.5, 0.6) is 0 Å². The predicted octanol–water partition coefficient (Wildman–Crippen LogP) is 2.50. The van der Waals surface area contributed by atoms with Gasteiger partial charge in [0, 0.05) is 10.5 Å². The normalized spacial score (nSPS) is 19.0. The highest BCUT2D eigenvalue weighted by Gasteiger charge is 2.21. The lowest BCUT2D eigenvalue weighted by Crippen LogP contribution is -2.46. The summed E-state index contributed by atoms with van der Waals surface area (Å²) in [6, 6.07) is 9.21. The zero-order valence-electron chi connectivity index (χ0n) is 8.16. The number of halogens is 1. The van der Waals surface area contributed by atoms with Crippen LogP contribution in [0, 0.1) is 0 Å². The molecule has 1 aromatic rings. The van der Waals surface area contributed by atoms with Crippen LogP contribution in [0.3, 0.4) is 0 Å². The number of nitrogens with one attached hydrogen (secondary N) is 1. The predicted molar refractivity (Wildman–Crippen MR) is 60.3 cm³/mol. The molecule has 14 heavy (non-hydrogen) atoms. The Morgan fingerprint density at radius 3 is 2.71 bits per heavy atom. The molecule has 1 heterocycles. The van der Waals surface area contributed by atoms with Crippen LogP contribution < -0.4 is 5.32 Å². The minimum atomic E-state index is 0.375. The van der Waals surface area contributed by atoms with Crippen LogP contribution in [0.25, 0.3) is 0 Å². The van der Waals surface area contributed by atoms with E-state index in [4.69, 9.17) is 4.74 Å². The van der Waals surface area contributed by atoms with Crippen LogP contribution in [0.2, 0.25) is 0 Å². The number of benzene rings is 1. The fraction of sp³-hybridized carbons (Fsp3) is 0.455. The summed E-state index contributed by atoms with van der Waals surface area (Å²) in [5.41, 5.74) is 1.31. The fourth-order valence-corrected chi connectivity index (χ4v) is 2.23. The van der Waals surface area contributed by atoms with Gasteiger partial charge in [-0.3, -0.25) is 0 Å². The number of ether oxygens (including phenoxy) is 1. The zero-order chi connectivity index (χ0) is 9.97. The smallest absolute Gasteiger partial charge is 0.0643 e. The second-order valence-corrected chi connectivity index (χ2v) is 4.50. The van der Waals surface area contributed by atoms with E-state index in [1.807, 2.05) is 6.07 Å². The van der Waals surface area contributed by atoms with E-state index in [0.717, 1.165) is 13.2 Å². The topological polar surface area (TPSA) is 21.3 Å². The highest BCUT2D eigenvalue weighted by Crippen LogP contribution is 2.23. The van der Waals surface area contributed by atoms with E-state index in [-0.39, 0.29) is 0 Å². The van der Waals surface area contributed by atoms with E-state index < -0.39 is 0 Å². The lowest BCUT2D eigenvalue weighted by Gasteiger charge is -2.30. The first-order valence-electron chi connectivity index (χ1n) is 4.85. The van der Waals surface area contributed by atoms with Gasteiger partial charge in [-0.15, -0.1) is 0 Å². The van der Waals surface area contributed by atoms with Crippen molar-refractivity contribution >= 4 is 15.9 Å². The van der Waals surface area contributed by atoms with Gasteiger partial charge in [-0.25, -0.2) is 0 Å². The van der Waals surface area contributed by atoms with Gasteiger partial charge in [0.25, 0.3) is 0 Å². The Kier molecular flexibility index (Phi) is 3.21. The van der Waals surface area contributed by atoms with Gasteiger partial charge in [0.1, 0.15) is 0 Å². The molecule has 0 unspecified atom stereocenters. The molecule has 0 saturated carbocycles. The summed E-state index contributed by atoms with van der Waals surface area (Å²) >= 11 is 3.56. The molecular formula is C11H14BrNO. The van der Waals surface area contributed by atoms with Gasteiger partial charge in [0.2, 0.25) is 0 Å². The maximum absolute atomic E-state index is 5.13. The highest BCUT2D eigenvalue weighted by molar-refractivity contribution is 9.10. The monoisotopic (exact) mass is 255 g/mol. The molecule has 1 atom stereocenters. The fourth-order valence-electron chi connectivity index (χ4n) is 1.60. The summed E-state index contributed by atoms with van der Waals surface area (Å²) in [4.78, 5) is 0. The molecule has 0 bridgehead atoms. The average Bonchev–Trinajstić information content (AvgIpc) is 2.12. The van der Waals surface area contributed by atoms with Crippen LogP contribution in [0.15, 0.2) is 28.7 Å². The Bertz CT molecular complexity index is 312. The first-order valence-corrected chi connectivity index (χ1v) is 5.65. The van der Waals surface area contributed by atoms with Gasteiger partial charge in [0.15, 0.2) is 0 Å². The molecule has 0 radical (unpaired) electrons. The number of rotatable bonds is 3. The molecule has 1 aliphatic rings. The summed E-state index contributed by atoms with van der Waals surface area (Å²) in [6.45, 7) is 3.86. The molecule has 2 rings (SSSR count). The van der Waals surface area contributed by atoms with Gasteiger partial charge < -0.3 is 10.1 Å². The highest BCUT2D eigenvalue weighted by atomic mass is 79.9. The van der Waals surface area contributed by atoms with Crippen molar-refractivity contribution < 1.29 is 4.74 Å². The third-order valence-electron chi connectivity index (χ3n) is 2.50. The van der Waals surface area contributed by atoms with Crippen LogP contribution >= 0.6 is 15.9 Å². The minimum Gasteiger partial charge on any atom is -0.378 e. The summed E-state index contributed by atoms with van der Waals surface area (Å²) in [6.07, 6.45) is 0. The Morgan fingerprint density at radius 2 is 2.14 bits per heavy atom. The van der Waals surface area contributed by atoms with Gasteiger partial charge in [-0.1, -0.05) is 34.1 Å². The second kappa shape index (κ2) is 4.43. The van der Waals surface area contributed by atoms with Gasteiger partial charge in [-0.2, -0.15) is 0 Å². The largest absolute Gasteiger partial charge is 0.378 e. The van der Waals surface area contributed by atoms with E-state index in [1.165, 1.54) is 10.0 Å². The van der Waals surface area contributed by atoms with E-state index in [2.05, 4.69) is 46.4 Å². The lowest BCUT2D eigenvalue weighted by molar-refractivity contribution is -0.00928. The Balaban J connectivity index is 2.02. The summed E-state index contributed by atoms with van der Waals surface area (Å²) in [5.74, 6) is 0. The maximum Gasteiger partial charge on any atom is 0.0643 e. The van der Waals surface area contributed by atoms with Crippen LogP contribution in [0.4, 0.5) is 0 Å². The van der Waals surface area contributed by atoms with Gasteiger partial charge in [-0.05, 0) is 18.6 Å². The molecular weight excluding hydrogens is 242 g/mol. The lowest BCUT2D eigenvalue weighted by atomic mass is 10.1. The second-order valence-electron chi connectivity index (χ2n) is 3.64. The molecule has 0 aliphatic carbocycles. The van der Waals surface area contributed by atoms with Gasteiger partial charge in [0.05, 0.1) is 19.3 Å². The molecule has 0 amide bonds. The minimum absolute atomic E-state index is 0.375. The first-order chi connectivity index (χ1) is 6.77. The molecule has 0 spiro atoms.